The summed E-state index contributed by atoms with van der Waals surface area (Å²) in [6.45, 7) is 11.7. The molecular formula is C27H39N5O3S. The molecule has 0 saturated carbocycles. The van der Waals surface area contributed by atoms with E-state index in [1.807, 2.05) is 11.8 Å². The lowest BCUT2D eigenvalue weighted by Gasteiger charge is -2.41. The second-order valence-electron chi connectivity index (χ2n) is 11.2. The molecule has 2 aromatic rings. The Bertz CT molecular complexity index is 1170. The molecule has 8 nitrogen and oxygen atoms in total. The van der Waals surface area contributed by atoms with Crippen LogP contribution >= 0.6 is 0 Å². The highest BCUT2D eigenvalue weighted by atomic mass is 32.2. The summed E-state index contributed by atoms with van der Waals surface area (Å²) in [7, 11) is -3.16. The summed E-state index contributed by atoms with van der Waals surface area (Å²) in [4.78, 5) is 26.6. The van der Waals surface area contributed by atoms with Gasteiger partial charge in [0.1, 0.15) is 12.0 Å². The minimum absolute atomic E-state index is 0.0255. The van der Waals surface area contributed by atoms with E-state index in [1.54, 1.807) is 0 Å². The Morgan fingerprint density at radius 1 is 0.972 bits per heavy atom. The molecule has 0 bridgehead atoms. The lowest BCUT2D eigenvalue weighted by atomic mass is 9.86. The van der Waals surface area contributed by atoms with E-state index in [2.05, 4.69) is 64.6 Å². The summed E-state index contributed by atoms with van der Waals surface area (Å²) in [6, 6.07) is 8.86. The molecule has 9 heteroatoms. The number of benzene rings is 1. The zero-order chi connectivity index (χ0) is 26.1. The minimum Gasteiger partial charge on any atom is -0.337 e. The number of carbonyl (C=O) groups excluding carboxylic acids is 1. The first-order valence-corrected chi connectivity index (χ1v) is 14.7. The van der Waals surface area contributed by atoms with Crippen molar-refractivity contribution in [3.63, 3.8) is 0 Å². The van der Waals surface area contributed by atoms with Crippen molar-refractivity contribution >= 4 is 15.9 Å². The van der Waals surface area contributed by atoms with E-state index in [9.17, 15) is 13.2 Å². The molecule has 1 N–H and O–H groups in total. The van der Waals surface area contributed by atoms with E-state index < -0.39 is 10.0 Å². The normalized spacial score (nSPS) is 19.0. The predicted octanol–water partition coefficient (Wildman–Crippen LogP) is 3.37. The van der Waals surface area contributed by atoms with Gasteiger partial charge in [-0.05, 0) is 56.7 Å². The minimum atomic E-state index is -3.16. The number of sulfonamides is 1. The van der Waals surface area contributed by atoms with Crippen molar-refractivity contribution in [2.45, 2.75) is 70.9 Å². The van der Waals surface area contributed by atoms with Gasteiger partial charge in [0.2, 0.25) is 10.0 Å². The molecule has 0 radical (unpaired) electrons. The molecule has 2 saturated heterocycles. The summed E-state index contributed by atoms with van der Waals surface area (Å²) in [6.07, 6.45) is 6.20. The zero-order valence-electron chi connectivity index (χ0n) is 22.1. The van der Waals surface area contributed by atoms with Gasteiger partial charge >= 0.3 is 0 Å². The largest absolute Gasteiger partial charge is 0.337 e. The van der Waals surface area contributed by atoms with Crippen LogP contribution in [-0.2, 0) is 15.4 Å². The van der Waals surface area contributed by atoms with E-state index >= 15 is 0 Å². The lowest BCUT2D eigenvalue weighted by molar-refractivity contribution is 0.0570. The average molecular weight is 514 g/mol. The van der Waals surface area contributed by atoms with Gasteiger partial charge in [0.05, 0.1) is 11.9 Å². The van der Waals surface area contributed by atoms with Gasteiger partial charge in [0, 0.05) is 36.3 Å². The molecule has 0 unspecified atom stereocenters. The van der Waals surface area contributed by atoms with Gasteiger partial charge in [-0.15, -0.1) is 0 Å². The van der Waals surface area contributed by atoms with Crippen LogP contribution in [0.1, 0.15) is 68.1 Å². The summed E-state index contributed by atoms with van der Waals surface area (Å²) in [5.74, 6) is -0.0306. The van der Waals surface area contributed by atoms with Crippen LogP contribution in [0.5, 0.6) is 0 Å². The van der Waals surface area contributed by atoms with Crippen molar-refractivity contribution in [3.8, 4) is 11.3 Å². The number of amides is 1. The highest BCUT2D eigenvalue weighted by Gasteiger charge is 2.31. The summed E-state index contributed by atoms with van der Waals surface area (Å²) >= 11 is 0. The molecule has 0 aliphatic carbocycles. The van der Waals surface area contributed by atoms with Crippen LogP contribution in [-0.4, -0.2) is 78.6 Å². The molecule has 2 aliphatic rings. The van der Waals surface area contributed by atoms with Gasteiger partial charge < -0.3 is 9.80 Å². The fourth-order valence-electron chi connectivity index (χ4n) is 5.35. The van der Waals surface area contributed by atoms with Gasteiger partial charge in [-0.25, -0.2) is 23.1 Å². The van der Waals surface area contributed by atoms with Crippen molar-refractivity contribution < 1.29 is 13.2 Å². The number of aromatic nitrogens is 2. The zero-order valence-corrected chi connectivity index (χ0v) is 22.9. The van der Waals surface area contributed by atoms with E-state index in [4.69, 9.17) is 0 Å². The maximum absolute atomic E-state index is 13.4. The highest BCUT2D eigenvalue weighted by Crippen LogP contribution is 2.28. The Morgan fingerprint density at radius 2 is 1.58 bits per heavy atom. The van der Waals surface area contributed by atoms with E-state index in [-0.39, 0.29) is 17.4 Å². The van der Waals surface area contributed by atoms with Crippen LogP contribution in [0.2, 0.25) is 0 Å². The Kier molecular flexibility index (Phi) is 7.83. The first-order chi connectivity index (χ1) is 16.9. The second kappa shape index (κ2) is 10.6. The molecule has 2 aliphatic heterocycles. The van der Waals surface area contributed by atoms with Crippen LogP contribution < -0.4 is 4.72 Å². The number of carbonyl (C=O) groups is 1. The van der Waals surface area contributed by atoms with Crippen molar-refractivity contribution in [1.29, 1.82) is 0 Å². The monoisotopic (exact) mass is 513 g/mol. The second-order valence-corrected chi connectivity index (χ2v) is 13.0. The fourth-order valence-corrected chi connectivity index (χ4v) is 6.20. The number of hydrogen-bond acceptors (Lipinski definition) is 6. The van der Waals surface area contributed by atoms with Crippen molar-refractivity contribution in [3.05, 3.63) is 47.4 Å². The van der Waals surface area contributed by atoms with Gasteiger partial charge in [-0.1, -0.05) is 45.0 Å². The molecular weight excluding hydrogens is 474 g/mol. The van der Waals surface area contributed by atoms with Crippen LogP contribution in [0.25, 0.3) is 11.3 Å². The molecule has 1 aromatic carbocycles. The van der Waals surface area contributed by atoms with Crippen LogP contribution in [0, 0.1) is 6.92 Å². The van der Waals surface area contributed by atoms with Gasteiger partial charge in [-0.3, -0.25) is 4.79 Å². The highest BCUT2D eigenvalue weighted by molar-refractivity contribution is 7.88. The molecule has 0 atom stereocenters. The number of nitrogens with zero attached hydrogens (tertiary/aromatic N) is 4. The summed E-state index contributed by atoms with van der Waals surface area (Å²) in [5.41, 5.74) is 4.42. The topological polar surface area (TPSA) is 95.5 Å². The number of piperidine rings is 2. The Morgan fingerprint density at radius 3 is 2.14 bits per heavy atom. The third-order valence-corrected chi connectivity index (χ3v) is 8.25. The quantitative estimate of drug-likeness (QED) is 0.659. The molecule has 4 rings (SSSR count). The predicted molar refractivity (Wildman–Crippen MR) is 142 cm³/mol. The Hall–Kier alpha value is -2.36. The molecule has 196 valence electrons. The number of likely N-dealkylation sites (tertiary alicyclic amines) is 2. The third-order valence-electron chi connectivity index (χ3n) is 7.49. The standard InChI is InChI=1S/C27H39N5O3S/c1-19-24(20-6-8-21(9-7-20)27(2,3)4)28-18-29-25(19)26(33)32-16-12-23(13-17-32)31-14-10-22(11-15-31)30-36(5,34)35/h6-9,18,22-23,30H,10-17H2,1-5H3. The molecule has 1 amide bonds. The smallest absolute Gasteiger partial charge is 0.272 e. The number of nitrogens with one attached hydrogen (secondary N) is 1. The van der Waals surface area contributed by atoms with Crippen LogP contribution in [0.3, 0.4) is 0 Å². The average Bonchev–Trinajstić information content (AvgIpc) is 2.83. The van der Waals surface area contributed by atoms with E-state index in [0.29, 0.717) is 24.8 Å². The Balaban J connectivity index is 1.37. The first kappa shape index (κ1) is 26.7. The van der Waals surface area contributed by atoms with Crippen LogP contribution in [0.15, 0.2) is 30.6 Å². The number of hydrogen-bond donors (Lipinski definition) is 1. The van der Waals surface area contributed by atoms with Crippen molar-refractivity contribution in [1.82, 2.24) is 24.5 Å². The lowest BCUT2D eigenvalue weighted by Crippen LogP contribution is -2.51. The van der Waals surface area contributed by atoms with Crippen molar-refractivity contribution in [2.24, 2.45) is 0 Å². The van der Waals surface area contributed by atoms with Crippen LogP contribution in [0.4, 0.5) is 0 Å². The van der Waals surface area contributed by atoms with E-state index in [1.165, 1.54) is 18.1 Å². The Labute approximate surface area is 215 Å². The summed E-state index contributed by atoms with van der Waals surface area (Å²) < 4.78 is 25.7. The van der Waals surface area contributed by atoms with Gasteiger partial charge in [0.15, 0.2) is 0 Å². The van der Waals surface area contributed by atoms with Gasteiger partial charge in [-0.2, -0.15) is 0 Å². The molecule has 2 fully saturated rings. The molecule has 1 aromatic heterocycles. The molecule has 3 heterocycles. The third kappa shape index (κ3) is 6.30. The molecule has 36 heavy (non-hydrogen) atoms. The van der Waals surface area contributed by atoms with E-state index in [0.717, 1.165) is 55.6 Å². The summed E-state index contributed by atoms with van der Waals surface area (Å²) in [5, 5.41) is 0. The number of rotatable bonds is 5. The fraction of sp³-hybridized carbons (Fsp3) is 0.593. The molecule has 0 spiro atoms. The maximum atomic E-state index is 13.4. The SMILES string of the molecule is Cc1c(C(=O)N2CCC(N3CCC(NS(C)(=O)=O)CC3)CC2)ncnc1-c1ccc(C(C)(C)C)cc1. The van der Waals surface area contributed by atoms with Crippen molar-refractivity contribution in [2.75, 3.05) is 32.4 Å². The maximum Gasteiger partial charge on any atom is 0.272 e. The first-order valence-electron chi connectivity index (χ1n) is 12.9. The van der Waals surface area contributed by atoms with Gasteiger partial charge in [0.25, 0.3) is 5.91 Å².